The Morgan fingerprint density at radius 1 is 1.24 bits per heavy atom. The maximum Gasteiger partial charge on any atom is 0.233 e. The van der Waals surface area contributed by atoms with Crippen molar-refractivity contribution in [3.8, 4) is 0 Å². The molecule has 130 valence electrons. The van der Waals surface area contributed by atoms with Gasteiger partial charge in [0.15, 0.2) is 0 Å². The average Bonchev–Trinajstić information content (AvgIpc) is 3.26. The molecule has 3 nitrogen and oxygen atoms in total. The fourth-order valence-electron chi connectivity index (χ4n) is 3.59. The first-order valence-electron chi connectivity index (χ1n) is 8.72. The predicted octanol–water partition coefficient (Wildman–Crippen LogP) is 4.11. The van der Waals surface area contributed by atoms with Crippen LogP contribution in [-0.4, -0.2) is 30.8 Å². The van der Waals surface area contributed by atoms with Gasteiger partial charge >= 0.3 is 0 Å². The van der Waals surface area contributed by atoms with Crippen molar-refractivity contribution in [1.29, 1.82) is 0 Å². The summed E-state index contributed by atoms with van der Waals surface area (Å²) in [6.45, 7) is 2.84. The van der Waals surface area contributed by atoms with Crippen molar-refractivity contribution in [2.24, 2.45) is 5.92 Å². The van der Waals surface area contributed by atoms with Crippen LogP contribution in [0.15, 0.2) is 57.9 Å². The summed E-state index contributed by atoms with van der Waals surface area (Å²) in [6, 6.07) is 16.8. The summed E-state index contributed by atoms with van der Waals surface area (Å²) in [7, 11) is 0. The molecule has 0 spiro atoms. The molecule has 1 saturated heterocycles. The lowest BCUT2D eigenvalue weighted by molar-refractivity contribution is -0.120. The largest absolute Gasteiger partial charge is 0.371 e. The van der Waals surface area contributed by atoms with Crippen molar-refractivity contribution in [2.75, 3.05) is 24.5 Å². The number of anilines is 1. The van der Waals surface area contributed by atoms with Crippen LogP contribution in [0.2, 0.25) is 0 Å². The average molecular weight is 417 g/mol. The van der Waals surface area contributed by atoms with Crippen LogP contribution >= 0.6 is 27.7 Å². The standard InChI is InChI=1S/C20H21BrN2OS/c21-16-5-3-6-17(11-16)23-9-8-14(13-23)12-22-20(24)19-10-15-4-1-2-7-18(15)25-19/h1-7,11,14,19H,8-10,12-13H2,(H,22,24). The van der Waals surface area contributed by atoms with E-state index in [4.69, 9.17) is 0 Å². The first-order valence-corrected chi connectivity index (χ1v) is 10.4. The summed E-state index contributed by atoms with van der Waals surface area (Å²) in [5.41, 5.74) is 2.55. The summed E-state index contributed by atoms with van der Waals surface area (Å²) in [5.74, 6) is 0.707. The molecule has 2 aliphatic rings. The second kappa shape index (κ2) is 7.42. The van der Waals surface area contributed by atoms with Gasteiger partial charge in [0.1, 0.15) is 0 Å². The van der Waals surface area contributed by atoms with Gasteiger partial charge in [-0.15, -0.1) is 11.8 Å². The first kappa shape index (κ1) is 17.0. The van der Waals surface area contributed by atoms with E-state index in [-0.39, 0.29) is 11.2 Å². The fourth-order valence-corrected chi connectivity index (χ4v) is 5.20. The quantitative estimate of drug-likeness (QED) is 0.813. The van der Waals surface area contributed by atoms with E-state index < -0.39 is 0 Å². The van der Waals surface area contributed by atoms with Gasteiger partial charge in [-0.3, -0.25) is 4.79 Å². The van der Waals surface area contributed by atoms with E-state index in [1.807, 2.05) is 6.07 Å². The smallest absolute Gasteiger partial charge is 0.233 e. The Balaban J connectivity index is 1.28. The normalized spacial score (nSPS) is 22.0. The summed E-state index contributed by atoms with van der Waals surface area (Å²) < 4.78 is 1.11. The number of hydrogen-bond acceptors (Lipinski definition) is 3. The first-order chi connectivity index (χ1) is 12.2. The van der Waals surface area contributed by atoms with E-state index in [0.29, 0.717) is 5.92 Å². The molecule has 2 aromatic rings. The number of thioether (sulfide) groups is 1. The number of carbonyl (C=O) groups excluding carboxylic acids is 1. The Hall–Kier alpha value is -1.46. The van der Waals surface area contributed by atoms with Crippen molar-refractivity contribution in [2.45, 2.75) is 23.0 Å². The van der Waals surface area contributed by atoms with Gasteiger partial charge in [-0.05, 0) is 48.6 Å². The number of fused-ring (bicyclic) bond motifs is 1. The minimum absolute atomic E-state index is 0.0278. The monoisotopic (exact) mass is 416 g/mol. The molecule has 1 N–H and O–H groups in total. The number of carbonyl (C=O) groups is 1. The highest BCUT2D eigenvalue weighted by Gasteiger charge is 2.29. The summed E-state index contributed by atoms with van der Waals surface area (Å²) in [4.78, 5) is 16.2. The molecule has 2 atom stereocenters. The van der Waals surface area contributed by atoms with Gasteiger partial charge in [-0.25, -0.2) is 0 Å². The van der Waals surface area contributed by atoms with Gasteiger partial charge in [-0.2, -0.15) is 0 Å². The topological polar surface area (TPSA) is 32.3 Å². The second-order valence-electron chi connectivity index (χ2n) is 6.74. The number of benzene rings is 2. The molecule has 2 aliphatic heterocycles. The van der Waals surface area contributed by atoms with Crippen LogP contribution in [0.25, 0.3) is 0 Å². The molecule has 4 rings (SSSR count). The zero-order valence-corrected chi connectivity index (χ0v) is 16.4. The van der Waals surface area contributed by atoms with Gasteiger partial charge in [0.05, 0.1) is 5.25 Å². The Morgan fingerprint density at radius 3 is 2.96 bits per heavy atom. The van der Waals surface area contributed by atoms with E-state index in [9.17, 15) is 4.79 Å². The van der Waals surface area contributed by atoms with Gasteiger partial charge in [-0.1, -0.05) is 40.2 Å². The second-order valence-corrected chi connectivity index (χ2v) is 8.90. The minimum atomic E-state index is 0.0278. The maximum atomic E-state index is 12.5. The molecular formula is C20H21BrN2OS. The molecular weight excluding hydrogens is 396 g/mol. The third-order valence-electron chi connectivity index (χ3n) is 4.96. The molecule has 2 unspecified atom stereocenters. The lowest BCUT2D eigenvalue weighted by atomic mass is 10.1. The molecule has 0 bridgehead atoms. The van der Waals surface area contributed by atoms with Gasteiger partial charge in [0.2, 0.25) is 5.91 Å². The van der Waals surface area contributed by atoms with Crippen LogP contribution in [-0.2, 0) is 11.2 Å². The Labute approximate surface area is 161 Å². The molecule has 0 radical (unpaired) electrons. The van der Waals surface area contributed by atoms with Crippen molar-refractivity contribution < 1.29 is 4.79 Å². The zero-order valence-electron chi connectivity index (χ0n) is 14.0. The maximum absolute atomic E-state index is 12.5. The molecule has 2 aromatic carbocycles. The number of rotatable bonds is 4. The predicted molar refractivity (Wildman–Crippen MR) is 107 cm³/mol. The number of halogens is 1. The Kier molecular flexibility index (Phi) is 5.04. The van der Waals surface area contributed by atoms with E-state index in [0.717, 1.165) is 36.9 Å². The van der Waals surface area contributed by atoms with Crippen molar-refractivity contribution in [1.82, 2.24) is 5.32 Å². The van der Waals surface area contributed by atoms with Gasteiger partial charge in [0, 0.05) is 34.7 Å². The van der Waals surface area contributed by atoms with Crippen molar-refractivity contribution in [3.05, 3.63) is 58.6 Å². The number of nitrogens with zero attached hydrogens (tertiary/aromatic N) is 1. The van der Waals surface area contributed by atoms with Crippen molar-refractivity contribution >= 4 is 39.3 Å². The van der Waals surface area contributed by atoms with Crippen LogP contribution in [0.3, 0.4) is 0 Å². The van der Waals surface area contributed by atoms with Crippen LogP contribution in [0.4, 0.5) is 5.69 Å². The van der Waals surface area contributed by atoms with E-state index >= 15 is 0 Å². The highest BCUT2D eigenvalue weighted by Crippen LogP contribution is 2.36. The van der Waals surface area contributed by atoms with Gasteiger partial charge < -0.3 is 10.2 Å². The molecule has 0 aromatic heterocycles. The van der Waals surface area contributed by atoms with Crippen LogP contribution in [0.5, 0.6) is 0 Å². The Bertz CT molecular complexity index is 757. The highest BCUT2D eigenvalue weighted by molar-refractivity contribution is 9.10. The molecule has 1 amide bonds. The zero-order chi connectivity index (χ0) is 17.2. The summed E-state index contributed by atoms with van der Waals surface area (Å²) in [6.07, 6.45) is 1.98. The van der Waals surface area contributed by atoms with E-state index in [2.05, 4.69) is 68.6 Å². The molecule has 5 heteroatoms. The molecule has 2 heterocycles. The Morgan fingerprint density at radius 2 is 2.12 bits per heavy atom. The SMILES string of the molecule is O=C(NCC1CCN(c2cccc(Br)c2)C1)C1Cc2ccccc2S1. The molecule has 1 fully saturated rings. The minimum Gasteiger partial charge on any atom is -0.371 e. The van der Waals surface area contributed by atoms with Crippen LogP contribution in [0.1, 0.15) is 12.0 Å². The third-order valence-corrected chi connectivity index (χ3v) is 6.77. The summed E-state index contributed by atoms with van der Waals surface area (Å²) >= 11 is 5.24. The number of nitrogens with one attached hydrogen (secondary N) is 1. The van der Waals surface area contributed by atoms with Crippen molar-refractivity contribution in [3.63, 3.8) is 0 Å². The van der Waals surface area contributed by atoms with E-state index in [1.165, 1.54) is 16.1 Å². The van der Waals surface area contributed by atoms with Crippen LogP contribution in [0, 0.1) is 5.92 Å². The fraction of sp³-hybridized carbons (Fsp3) is 0.350. The lowest BCUT2D eigenvalue weighted by Gasteiger charge is -2.19. The van der Waals surface area contributed by atoms with Gasteiger partial charge in [0.25, 0.3) is 0 Å². The number of amides is 1. The number of hydrogen-bond donors (Lipinski definition) is 1. The summed E-state index contributed by atoms with van der Waals surface area (Å²) in [5, 5.41) is 3.22. The third kappa shape index (κ3) is 3.87. The molecule has 0 aliphatic carbocycles. The molecule has 0 saturated carbocycles. The lowest BCUT2D eigenvalue weighted by Crippen LogP contribution is -2.36. The van der Waals surface area contributed by atoms with Crippen LogP contribution < -0.4 is 10.2 Å². The van der Waals surface area contributed by atoms with E-state index in [1.54, 1.807) is 11.8 Å². The molecule has 25 heavy (non-hydrogen) atoms. The highest BCUT2D eigenvalue weighted by atomic mass is 79.9.